The van der Waals surface area contributed by atoms with Gasteiger partial charge in [-0.05, 0) is 41.5 Å². The Kier molecular flexibility index (Phi) is 4.28. The lowest BCUT2D eigenvalue weighted by Gasteiger charge is -2.16. The van der Waals surface area contributed by atoms with Crippen LogP contribution < -0.4 is 10.5 Å². The van der Waals surface area contributed by atoms with Crippen LogP contribution in [0.5, 0.6) is 0 Å². The quantitative estimate of drug-likeness (QED) is 0.492. The van der Waals surface area contributed by atoms with Crippen molar-refractivity contribution in [2.24, 2.45) is 0 Å². The number of amides is 1. The van der Waals surface area contributed by atoms with Gasteiger partial charge in [0.1, 0.15) is 16.3 Å². The smallest absolute Gasteiger partial charge is 0.347 e. The largest absolute Gasteiger partial charge is 0.508 e. The summed E-state index contributed by atoms with van der Waals surface area (Å²) in [7, 11) is 1.68. The summed E-state index contributed by atoms with van der Waals surface area (Å²) in [5, 5.41) is 12.3. The molecule has 0 aliphatic carbocycles. The third kappa shape index (κ3) is 2.97. The van der Waals surface area contributed by atoms with Gasteiger partial charge in [0.05, 0.1) is 4.70 Å². The highest BCUT2D eigenvalue weighted by atomic mass is 32.1. The second-order valence-electron chi connectivity index (χ2n) is 6.59. The zero-order valence-electron chi connectivity index (χ0n) is 15.4. The van der Waals surface area contributed by atoms with E-state index in [1.807, 2.05) is 43.3 Å². The molecule has 0 atom stereocenters. The van der Waals surface area contributed by atoms with Crippen molar-refractivity contribution >= 4 is 49.1 Å². The number of aryl methyl sites for hydroxylation is 1. The lowest BCUT2D eigenvalue weighted by atomic mass is 10.0. The molecule has 0 unspecified atom stereocenters. The second-order valence-corrected chi connectivity index (χ2v) is 7.65. The van der Waals surface area contributed by atoms with Gasteiger partial charge in [0, 0.05) is 18.7 Å². The first kappa shape index (κ1) is 18.0. The number of benzene rings is 2. The number of rotatable bonds is 3. The van der Waals surface area contributed by atoms with Crippen molar-refractivity contribution in [3.8, 4) is 0 Å². The number of hydrogen-bond donors (Lipinski definition) is 1. The van der Waals surface area contributed by atoms with Gasteiger partial charge in [0.25, 0.3) is 5.91 Å². The minimum atomic E-state index is -0.663. The van der Waals surface area contributed by atoms with E-state index in [0.29, 0.717) is 20.8 Å². The zero-order chi connectivity index (χ0) is 20.0. The lowest BCUT2D eigenvalue weighted by molar-refractivity contribution is 0.0993. The minimum absolute atomic E-state index is 0.0139. The van der Waals surface area contributed by atoms with Crippen molar-refractivity contribution in [1.29, 1.82) is 0 Å². The van der Waals surface area contributed by atoms with Crippen LogP contribution in [0, 0.1) is 6.92 Å². The van der Waals surface area contributed by atoms with E-state index in [1.54, 1.807) is 13.1 Å². The number of aliphatic hydroxyl groups excluding tert-OH is 1. The molecule has 140 valence electrons. The number of thiophene rings is 1. The summed E-state index contributed by atoms with van der Waals surface area (Å²) in [6, 6.07) is 14.9. The van der Waals surface area contributed by atoms with Gasteiger partial charge >= 0.3 is 5.63 Å². The molecule has 2 aromatic carbocycles. The Bertz CT molecular complexity index is 1320. The van der Waals surface area contributed by atoms with E-state index in [0.717, 1.165) is 16.3 Å². The van der Waals surface area contributed by atoms with E-state index in [1.165, 1.54) is 22.3 Å². The molecule has 28 heavy (non-hydrogen) atoms. The summed E-state index contributed by atoms with van der Waals surface area (Å²) in [5.74, 6) is -0.504. The van der Waals surface area contributed by atoms with Crippen molar-refractivity contribution in [1.82, 2.24) is 0 Å². The Hall–Kier alpha value is -3.38. The third-order valence-corrected chi connectivity index (χ3v) is 5.81. The van der Waals surface area contributed by atoms with Crippen LogP contribution in [-0.4, -0.2) is 18.1 Å². The Morgan fingerprint density at radius 3 is 2.68 bits per heavy atom. The monoisotopic (exact) mass is 391 g/mol. The van der Waals surface area contributed by atoms with Crippen molar-refractivity contribution in [3.63, 3.8) is 0 Å². The first-order valence-corrected chi connectivity index (χ1v) is 9.40. The molecule has 0 spiro atoms. The van der Waals surface area contributed by atoms with Crippen LogP contribution in [0.3, 0.4) is 0 Å². The maximum Gasteiger partial charge on any atom is 0.347 e. The fraction of sp³-hybridized carbons (Fsp3) is 0.0909. The molecule has 1 N–H and O–H groups in total. The van der Waals surface area contributed by atoms with Crippen LogP contribution in [0.1, 0.15) is 21.5 Å². The number of anilines is 1. The Morgan fingerprint density at radius 2 is 1.93 bits per heavy atom. The summed E-state index contributed by atoms with van der Waals surface area (Å²) in [6.45, 7) is 5.35. The molecule has 0 radical (unpaired) electrons. The van der Waals surface area contributed by atoms with E-state index in [4.69, 9.17) is 4.42 Å². The normalized spacial score (nSPS) is 11.1. The highest BCUT2D eigenvalue weighted by Gasteiger charge is 2.19. The van der Waals surface area contributed by atoms with E-state index < -0.39 is 5.63 Å². The molecule has 6 heteroatoms. The average Bonchev–Trinajstić information content (AvgIpc) is 3.08. The van der Waals surface area contributed by atoms with E-state index in [-0.39, 0.29) is 17.2 Å². The van der Waals surface area contributed by atoms with Crippen LogP contribution in [-0.2, 0) is 0 Å². The molecule has 0 saturated carbocycles. The zero-order valence-corrected chi connectivity index (χ0v) is 16.2. The molecular formula is C22H17NO4S. The summed E-state index contributed by atoms with van der Waals surface area (Å²) < 4.78 is 5.89. The molecule has 1 amide bonds. The second kappa shape index (κ2) is 6.65. The van der Waals surface area contributed by atoms with Gasteiger partial charge in [-0.1, -0.05) is 30.8 Å². The average molecular weight is 391 g/mol. The number of hydrogen-bond acceptors (Lipinski definition) is 5. The van der Waals surface area contributed by atoms with E-state index in [2.05, 4.69) is 6.58 Å². The van der Waals surface area contributed by atoms with Crippen molar-refractivity contribution < 1.29 is 14.3 Å². The molecule has 0 aliphatic rings. The minimum Gasteiger partial charge on any atom is -0.508 e. The van der Waals surface area contributed by atoms with Gasteiger partial charge in [0.2, 0.25) is 0 Å². The Morgan fingerprint density at radius 1 is 1.18 bits per heavy atom. The molecule has 0 aliphatic heterocycles. The van der Waals surface area contributed by atoms with Crippen molar-refractivity contribution in [2.45, 2.75) is 6.92 Å². The predicted molar refractivity (Wildman–Crippen MR) is 113 cm³/mol. The van der Waals surface area contributed by atoms with Crippen LogP contribution >= 0.6 is 11.3 Å². The fourth-order valence-electron chi connectivity index (χ4n) is 3.19. The van der Waals surface area contributed by atoms with Crippen LogP contribution in [0.15, 0.2) is 64.3 Å². The highest BCUT2D eigenvalue weighted by Crippen LogP contribution is 2.33. The molecule has 5 nitrogen and oxygen atoms in total. The summed E-state index contributed by atoms with van der Waals surface area (Å²) in [4.78, 5) is 26.5. The first-order chi connectivity index (χ1) is 13.3. The molecule has 0 bridgehead atoms. The van der Waals surface area contributed by atoms with Crippen molar-refractivity contribution in [3.05, 3.63) is 82.2 Å². The number of fused-ring (bicyclic) bond motifs is 2. The van der Waals surface area contributed by atoms with Gasteiger partial charge < -0.3 is 14.4 Å². The van der Waals surface area contributed by atoms with Crippen LogP contribution in [0.2, 0.25) is 0 Å². The van der Waals surface area contributed by atoms with Gasteiger partial charge in [-0.15, -0.1) is 11.3 Å². The number of carbonyl (C=O) groups is 1. The topological polar surface area (TPSA) is 70.8 Å². The maximum absolute atomic E-state index is 13.0. The molecular weight excluding hydrogens is 374 g/mol. The third-order valence-electron chi connectivity index (χ3n) is 4.67. The Labute approximate surface area is 164 Å². The summed E-state index contributed by atoms with van der Waals surface area (Å²) in [5.41, 5.74) is 1.33. The van der Waals surface area contributed by atoms with Crippen molar-refractivity contribution in [2.75, 3.05) is 11.9 Å². The van der Waals surface area contributed by atoms with E-state index in [9.17, 15) is 14.7 Å². The van der Waals surface area contributed by atoms with E-state index >= 15 is 0 Å². The highest BCUT2D eigenvalue weighted by molar-refractivity contribution is 7.22. The fourth-order valence-corrected chi connectivity index (χ4v) is 4.18. The molecule has 2 aromatic heterocycles. The molecule has 0 fully saturated rings. The Balaban J connectivity index is 1.74. The molecule has 2 heterocycles. The summed E-state index contributed by atoms with van der Waals surface area (Å²) in [6.07, 6.45) is 0. The number of carbonyl (C=O) groups excluding carboxylic acids is 1. The number of aliphatic hydroxyl groups is 1. The van der Waals surface area contributed by atoms with Crippen LogP contribution in [0.4, 0.5) is 5.00 Å². The van der Waals surface area contributed by atoms with Gasteiger partial charge in [0.15, 0.2) is 5.58 Å². The predicted octanol–water partition coefficient (Wildman–Crippen LogP) is 5.12. The maximum atomic E-state index is 13.0. The molecule has 0 saturated heterocycles. The molecule has 4 rings (SSSR count). The molecule has 4 aromatic rings. The van der Waals surface area contributed by atoms with Gasteiger partial charge in [-0.3, -0.25) is 4.79 Å². The lowest BCUT2D eigenvalue weighted by Crippen LogP contribution is -2.25. The summed E-state index contributed by atoms with van der Waals surface area (Å²) >= 11 is 1.30. The first-order valence-electron chi connectivity index (χ1n) is 8.58. The van der Waals surface area contributed by atoms with Gasteiger partial charge in [-0.2, -0.15) is 0 Å². The van der Waals surface area contributed by atoms with Gasteiger partial charge in [-0.25, -0.2) is 4.79 Å². The standard InChI is InChI=1S/C22H17NO4S/c1-12-8-15(9-14-6-4-5-7-16(12)14)21(25)23(3)20-11-18-19(28-20)10-17(13(2)24)22(26)27-18/h4-11,24H,2H2,1,3H3. The SMILES string of the molecule is C=C(O)c1cc2sc(N(C)C(=O)c3cc(C)c4ccccc4c3)cc2oc1=O. The van der Waals surface area contributed by atoms with Crippen LogP contribution in [0.25, 0.3) is 26.8 Å². The number of nitrogens with zero attached hydrogens (tertiary/aromatic N) is 1.